The van der Waals surface area contributed by atoms with E-state index in [0.717, 1.165) is 0 Å². The molecule has 0 aliphatic carbocycles. The fourth-order valence-electron chi connectivity index (χ4n) is 2.35. The van der Waals surface area contributed by atoms with Crippen molar-refractivity contribution in [2.75, 3.05) is 6.54 Å². The van der Waals surface area contributed by atoms with Crippen molar-refractivity contribution in [3.05, 3.63) is 30.4 Å². The highest BCUT2D eigenvalue weighted by atomic mass is 16.4. The van der Waals surface area contributed by atoms with Crippen molar-refractivity contribution in [2.45, 2.75) is 18.9 Å². The van der Waals surface area contributed by atoms with Crippen molar-refractivity contribution in [2.24, 2.45) is 0 Å². The molecular weight excluding hydrogens is 248 g/mol. The number of hydrogen-bond donors (Lipinski definition) is 1. The second-order valence-electron chi connectivity index (χ2n) is 4.45. The Labute approximate surface area is 108 Å². The van der Waals surface area contributed by atoms with Gasteiger partial charge in [-0.3, -0.25) is 9.20 Å². The number of fused-ring (bicyclic) bond motifs is 1. The van der Waals surface area contributed by atoms with E-state index >= 15 is 0 Å². The first-order valence-corrected chi connectivity index (χ1v) is 6.00. The van der Waals surface area contributed by atoms with Gasteiger partial charge < -0.3 is 10.0 Å². The van der Waals surface area contributed by atoms with Gasteiger partial charge in [0.25, 0.3) is 5.91 Å². The lowest BCUT2D eigenvalue weighted by Gasteiger charge is -2.19. The lowest BCUT2D eigenvalue weighted by atomic mass is 10.2. The molecule has 98 valence electrons. The highest BCUT2D eigenvalue weighted by Gasteiger charge is 2.35. The van der Waals surface area contributed by atoms with Crippen molar-refractivity contribution in [1.29, 1.82) is 0 Å². The van der Waals surface area contributed by atoms with Crippen LogP contribution in [0.4, 0.5) is 0 Å². The fraction of sp³-hybridized carbons (Fsp3) is 0.333. The maximum atomic E-state index is 12.3. The summed E-state index contributed by atoms with van der Waals surface area (Å²) in [7, 11) is 0. The van der Waals surface area contributed by atoms with Gasteiger partial charge in [0.2, 0.25) is 5.78 Å². The molecule has 0 saturated carbocycles. The Hall–Kier alpha value is -2.44. The number of carboxylic acid groups (broad SMARTS) is 1. The number of aromatic nitrogens is 3. The molecule has 1 amide bonds. The summed E-state index contributed by atoms with van der Waals surface area (Å²) < 4.78 is 1.64. The third-order valence-electron chi connectivity index (χ3n) is 3.25. The zero-order valence-electron chi connectivity index (χ0n) is 10.1. The lowest BCUT2D eigenvalue weighted by Crippen LogP contribution is -2.40. The summed E-state index contributed by atoms with van der Waals surface area (Å²) in [5.74, 6) is -0.889. The van der Waals surface area contributed by atoms with Gasteiger partial charge in [-0.1, -0.05) is 0 Å². The van der Waals surface area contributed by atoms with Gasteiger partial charge in [-0.2, -0.15) is 0 Å². The van der Waals surface area contributed by atoms with Crippen LogP contribution in [0.1, 0.15) is 23.3 Å². The van der Waals surface area contributed by atoms with Crippen LogP contribution in [0.15, 0.2) is 24.7 Å². The first-order valence-electron chi connectivity index (χ1n) is 6.00. The Balaban J connectivity index is 1.93. The predicted octanol–water partition coefficient (Wildman–Crippen LogP) is 0.418. The van der Waals surface area contributed by atoms with Gasteiger partial charge in [0.15, 0.2) is 0 Å². The minimum absolute atomic E-state index is 0.229. The maximum Gasteiger partial charge on any atom is 0.326 e. The van der Waals surface area contributed by atoms with E-state index < -0.39 is 12.0 Å². The minimum Gasteiger partial charge on any atom is -0.480 e. The topological polar surface area (TPSA) is 87.8 Å². The Bertz CT molecular complexity index is 618. The van der Waals surface area contributed by atoms with Crippen LogP contribution in [0.2, 0.25) is 0 Å². The van der Waals surface area contributed by atoms with Crippen LogP contribution >= 0.6 is 0 Å². The van der Waals surface area contributed by atoms with E-state index in [1.165, 1.54) is 4.90 Å². The molecule has 1 aliphatic rings. The van der Waals surface area contributed by atoms with Crippen LogP contribution in [-0.4, -0.2) is 48.8 Å². The molecule has 1 N–H and O–H groups in total. The Kier molecular flexibility index (Phi) is 2.66. The summed E-state index contributed by atoms with van der Waals surface area (Å²) in [5, 5.41) is 9.09. The summed E-state index contributed by atoms with van der Waals surface area (Å²) in [5.41, 5.74) is 0.229. The average Bonchev–Trinajstić information content (AvgIpc) is 3.04. The van der Waals surface area contributed by atoms with Crippen molar-refractivity contribution in [3.63, 3.8) is 0 Å². The molecule has 0 radical (unpaired) electrons. The lowest BCUT2D eigenvalue weighted by molar-refractivity contribution is -0.141. The van der Waals surface area contributed by atoms with E-state index in [-0.39, 0.29) is 11.6 Å². The number of rotatable bonds is 2. The highest BCUT2D eigenvalue weighted by Crippen LogP contribution is 2.20. The van der Waals surface area contributed by atoms with E-state index in [9.17, 15) is 9.59 Å². The number of hydrogen-bond acceptors (Lipinski definition) is 4. The summed E-state index contributed by atoms with van der Waals surface area (Å²) in [6, 6.07) is 0.990. The Morgan fingerprint density at radius 2 is 2.26 bits per heavy atom. The zero-order chi connectivity index (χ0) is 13.4. The highest BCUT2D eigenvalue weighted by molar-refractivity contribution is 5.95. The molecule has 0 aromatic carbocycles. The second kappa shape index (κ2) is 4.34. The van der Waals surface area contributed by atoms with Gasteiger partial charge >= 0.3 is 5.97 Å². The molecule has 7 nitrogen and oxygen atoms in total. The molecular formula is C12H12N4O3. The second-order valence-corrected chi connectivity index (χ2v) is 4.45. The summed E-state index contributed by atoms with van der Waals surface area (Å²) in [6.45, 7) is 0.455. The van der Waals surface area contributed by atoms with E-state index in [1.807, 2.05) is 0 Å². The normalized spacial score (nSPS) is 18.9. The van der Waals surface area contributed by atoms with Crippen LogP contribution in [0.25, 0.3) is 5.78 Å². The minimum atomic E-state index is -0.965. The van der Waals surface area contributed by atoms with Crippen LogP contribution in [0.5, 0.6) is 0 Å². The summed E-state index contributed by atoms with van der Waals surface area (Å²) >= 11 is 0. The van der Waals surface area contributed by atoms with E-state index in [0.29, 0.717) is 25.2 Å². The van der Waals surface area contributed by atoms with Gasteiger partial charge in [0.05, 0.1) is 0 Å². The third kappa shape index (κ3) is 1.92. The molecule has 0 bridgehead atoms. The number of carbonyl (C=O) groups excluding carboxylic acids is 1. The first-order chi connectivity index (χ1) is 9.16. The molecule has 1 aliphatic heterocycles. The number of carboxylic acids is 1. The van der Waals surface area contributed by atoms with Crippen LogP contribution in [0.3, 0.4) is 0 Å². The molecule has 0 spiro atoms. The number of amides is 1. The number of imidazole rings is 1. The molecule has 1 saturated heterocycles. The summed E-state index contributed by atoms with van der Waals surface area (Å²) in [6.07, 6.45) is 6.10. The number of carbonyl (C=O) groups is 2. The molecule has 0 unspecified atom stereocenters. The van der Waals surface area contributed by atoms with E-state index in [1.54, 1.807) is 29.1 Å². The quantitative estimate of drug-likeness (QED) is 0.845. The van der Waals surface area contributed by atoms with Gasteiger partial charge in [0, 0.05) is 25.1 Å². The van der Waals surface area contributed by atoms with Gasteiger partial charge in [0.1, 0.15) is 11.7 Å². The monoisotopic (exact) mass is 260 g/mol. The molecule has 3 rings (SSSR count). The SMILES string of the molecule is O=C(O)[C@H]1CCCN1C(=O)c1cn2cccnc2n1. The van der Waals surface area contributed by atoms with Crippen LogP contribution < -0.4 is 0 Å². The number of likely N-dealkylation sites (tertiary alicyclic amines) is 1. The van der Waals surface area contributed by atoms with Gasteiger partial charge in [-0.15, -0.1) is 0 Å². The molecule has 1 fully saturated rings. The van der Waals surface area contributed by atoms with Crippen LogP contribution in [0, 0.1) is 0 Å². The molecule has 19 heavy (non-hydrogen) atoms. The van der Waals surface area contributed by atoms with Gasteiger partial charge in [-0.05, 0) is 18.9 Å². The number of aliphatic carboxylic acids is 1. The molecule has 2 aromatic rings. The number of nitrogens with zero attached hydrogens (tertiary/aromatic N) is 4. The van der Waals surface area contributed by atoms with E-state index in [2.05, 4.69) is 9.97 Å². The smallest absolute Gasteiger partial charge is 0.326 e. The zero-order valence-corrected chi connectivity index (χ0v) is 10.1. The standard InChI is InChI=1S/C12H12N4O3/c17-10(16-6-1-3-9(16)11(18)19)8-7-15-5-2-4-13-12(15)14-8/h2,4-5,7,9H,1,3,6H2,(H,18,19)/t9-/m1/s1. The molecule has 1 atom stereocenters. The van der Waals surface area contributed by atoms with Gasteiger partial charge in [-0.25, -0.2) is 14.8 Å². The van der Waals surface area contributed by atoms with Crippen LogP contribution in [-0.2, 0) is 4.79 Å². The fourth-order valence-corrected chi connectivity index (χ4v) is 2.35. The average molecular weight is 260 g/mol. The van der Waals surface area contributed by atoms with Crippen molar-refractivity contribution < 1.29 is 14.7 Å². The van der Waals surface area contributed by atoms with Crippen molar-refractivity contribution >= 4 is 17.7 Å². The molecule has 7 heteroatoms. The Morgan fingerprint density at radius 1 is 1.42 bits per heavy atom. The third-order valence-corrected chi connectivity index (χ3v) is 3.25. The molecule has 3 heterocycles. The van der Waals surface area contributed by atoms with Crippen molar-refractivity contribution in [1.82, 2.24) is 19.3 Å². The summed E-state index contributed by atoms with van der Waals surface area (Å²) in [4.78, 5) is 32.9. The Morgan fingerprint density at radius 3 is 3.00 bits per heavy atom. The predicted molar refractivity (Wildman–Crippen MR) is 64.7 cm³/mol. The maximum absolute atomic E-state index is 12.3. The molecule has 2 aromatic heterocycles. The van der Waals surface area contributed by atoms with Crippen molar-refractivity contribution in [3.8, 4) is 0 Å². The first kappa shape index (κ1) is 11.6. The largest absolute Gasteiger partial charge is 0.480 e. The van der Waals surface area contributed by atoms with E-state index in [4.69, 9.17) is 5.11 Å².